The summed E-state index contributed by atoms with van der Waals surface area (Å²) in [5.41, 5.74) is 0.628. The first-order valence-electron chi connectivity index (χ1n) is 3.61. The van der Waals surface area contributed by atoms with Gasteiger partial charge in [-0.1, -0.05) is 11.8 Å². The minimum atomic E-state index is -0.949. The van der Waals surface area contributed by atoms with Gasteiger partial charge in [0.25, 0.3) is 0 Å². The number of aromatic carboxylic acids is 1. The molecule has 1 aromatic heterocycles. The van der Waals surface area contributed by atoms with Crippen LogP contribution in [-0.2, 0) is 0 Å². The molecular weight excluding hydrogens is 188 g/mol. The fraction of sp³-hybridized carbons (Fsp3) is 0.222. The Bertz CT molecular complexity index is 368. The van der Waals surface area contributed by atoms with Crippen molar-refractivity contribution < 1.29 is 15.0 Å². The molecule has 0 saturated carbocycles. The van der Waals surface area contributed by atoms with E-state index >= 15 is 0 Å². The third kappa shape index (κ3) is 2.90. The smallest absolute Gasteiger partial charge is 0.345 e. The van der Waals surface area contributed by atoms with Gasteiger partial charge in [0.15, 0.2) is 0 Å². The topological polar surface area (TPSA) is 57.5 Å². The van der Waals surface area contributed by atoms with E-state index in [1.165, 1.54) is 6.07 Å². The summed E-state index contributed by atoms with van der Waals surface area (Å²) in [6.45, 7) is 1.55. The molecule has 0 bridgehead atoms. The van der Waals surface area contributed by atoms with Gasteiger partial charge in [-0.05, 0) is 13.0 Å². The molecule has 0 saturated heterocycles. The van der Waals surface area contributed by atoms with Crippen LogP contribution in [0.3, 0.4) is 0 Å². The van der Waals surface area contributed by atoms with Gasteiger partial charge in [0.05, 0.1) is 0 Å². The fourth-order valence-corrected chi connectivity index (χ4v) is 1.38. The predicted octanol–water partition coefficient (Wildman–Crippen LogP) is 1.18. The molecule has 2 N–H and O–H groups in total. The lowest BCUT2D eigenvalue weighted by Crippen LogP contribution is -1.92. The maximum Gasteiger partial charge on any atom is 0.345 e. The molecule has 3 nitrogen and oxygen atoms in total. The van der Waals surface area contributed by atoms with Gasteiger partial charge in [-0.2, -0.15) is 0 Å². The molecule has 1 aromatic rings. The van der Waals surface area contributed by atoms with Gasteiger partial charge in [0.1, 0.15) is 11.0 Å². The number of carboxylic acids is 1. The van der Waals surface area contributed by atoms with Crippen LogP contribution in [0.25, 0.3) is 0 Å². The van der Waals surface area contributed by atoms with Gasteiger partial charge in [-0.3, -0.25) is 0 Å². The summed E-state index contributed by atoms with van der Waals surface area (Å²) in [6.07, 6.45) is -0.687. The molecule has 0 aliphatic heterocycles. The predicted molar refractivity (Wildman–Crippen MR) is 49.8 cm³/mol. The SMILES string of the molecule is CC(O)C#Cc1csc(C(=O)O)c1. The van der Waals surface area contributed by atoms with Crippen LogP contribution in [0.2, 0.25) is 0 Å². The van der Waals surface area contributed by atoms with E-state index in [2.05, 4.69) is 11.8 Å². The fourth-order valence-electron chi connectivity index (χ4n) is 0.702. The molecule has 0 aliphatic rings. The highest BCUT2D eigenvalue weighted by Crippen LogP contribution is 2.13. The second-order valence-corrected chi connectivity index (χ2v) is 3.36. The van der Waals surface area contributed by atoms with Gasteiger partial charge in [-0.15, -0.1) is 11.3 Å². The van der Waals surface area contributed by atoms with Crippen molar-refractivity contribution in [2.24, 2.45) is 0 Å². The summed E-state index contributed by atoms with van der Waals surface area (Å²) in [7, 11) is 0. The Balaban J connectivity index is 2.83. The number of carbonyl (C=O) groups is 1. The van der Waals surface area contributed by atoms with Gasteiger partial charge in [0, 0.05) is 10.9 Å². The summed E-state index contributed by atoms with van der Waals surface area (Å²) in [4.78, 5) is 10.7. The van der Waals surface area contributed by atoms with Crippen LogP contribution < -0.4 is 0 Å². The van der Waals surface area contributed by atoms with Crippen molar-refractivity contribution in [3.63, 3.8) is 0 Å². The van der Waals surface area contributed by atoms with Crippen LogP contribution in [0.15, 0.2) is 11.4 Å². The quantitative estimate of drug-likeness (QED) is 0.663. The highest BCUT2D eigenvalue weighted by molar-refractivity contribution is 7.12. The molecule has 0 spiro atoms. The molecule has 1 rings (SSSR count). The number of aliphatic hydroxyl groups excluding tert-OH is 1. The normalized spacial score (nSPS) is 11.5. The lowest BCUT2D eigenvalue weighted by molar-refractivity contribution is 0.0702. The van der Waals surface area contributed by atoms with E-state index < -0.39 is 12.1 Å². The zero-order valence-corrected chi connectivity index (χ0v) is 7.76. The van der Waals surface area contributed by atoms with Crippen LogP contribution in [0.4, 0.5) is 0 Å². The van der Waals surface area contributed by atoms with E-state index in [-0.39, 0.29) is 4.88 Å². The Kier molecular flexibility index (Phi) is 3.07. The Morgan fingerprint density at radius 2 is 2.38 bits per heavy atom. The van der Waals surface area contributed by atoms with Crippen molar-refractivity contribution in [2.75, 3.05) is 0 Å². The molecule has 0 amide bonds. The monoisotopic (exact) mass is 196 g/mol. The highest BCUT2D eigenvalue weighted by atomic mass is 32.1. The number of thiophene rings is 1. The van der Waals surface area contributed by atoms with E-state index in [4.69, 9.17) is 10.2 Å². The third-order valence-electron chi connectivity index (χ3n) is 1.24. The molecular formula is C9H8O3S. The van der Waals surface area contributed by atoms with Crippen LogP contribution >= 0.6 is 11.3 Å². The highest BCUT2D eigenvalue weighted by Gasteiger charge is 2.04. The Morgan fingerprint density at radius 3 is 2.85 bits per heavy atom. The average molecular weight is 196 g/mol. The first-order valence-corrected chi connectivity index (χ1v) is 4.49. The van der Waals surface area contributed by atoms with E-state index in [0.29, 0.717) is 5.56 Å². The molecule has 68 valence electrons. The minimum absolute atomic E-state index is 0.259. The van der Waals surface area contributed by atoms with Crippen LogP contribution in [0.1, 0.15) is 22.2 Å². The van der Waals surface area contributed by atoms with Gasteiger partial charge in [0.2, 0.25) is 0 Å². The molecule has 1 atom stereocenters. The third-order valence-corrected chi connectivity index (χ3v) is 2.15. The van der Waals surface area contributed by atoms with Crippen molar-refractivity contribution in [3.8, 4) is 11.8 Å². The molecule has 0 radical (unpaired) electrons. The number of hydrogen-bond acceptors (Lipinski definition) is 3. The molecule has 1 unspecified atom stereocenters. The molecule has 0 fully saturated rings. The average Bonchev–Trinajstić information content (AvgIpc) is 2.48. The number of aliphatic hydroxyl groups is 1. The maximum absolute atomic E-state index is 10.5. The number of hydrogen-bond donors (Lipinski definition) is 2. The molecule has 1 heterocycles. The van der Waals surface area contributed by atoms with E-state index in [0.717, 1.165) is 11.3 Å². The van der Waals surface area contributed by atoms with Crippen LogP contribution in [0.5, 0.6) is 0 Å². The van der Waals surface area contributed by atoms with Crippen molar-refractivity contribution in [1.82, 2.24) is 0 Å². The van der Waals surface area contributed by atoms with Crippen LogP contribution in [-0.4, -0.2) is 22.3 Å². The standard InChI is InChI=1S/C9H8O3S/c1-6(10)2-3-7-4-8(9(11)12)13-5-7/h4-6,10H,1H3,(H,11,12). The van der Waals surface area contributed by atoms with Crippen molar-refractivity contribution in [1.29, 1.82) is 0 Å². The first kappa shape index (κ1) is 9.78. The summed E-state index contributed by atoms with van der Waals surface area (Å²) in [6, 6.07) is 1.49. The Hall–Kier alpha value is -1.31. The van der Waals surface area contributed by atoms with Gasteiger partial charge in [-0.25, -0.2) is 4.79 Å². The van der Waals surface area contributed by atoms with Gasteiger partial charge < -0.3 is 10.2 Å². The lowest BCUT2D eigenvalue weighted by Gasteiger charge is -1.85. The molecule has 0 aromatic carbocycles. The lowest BCUT2D eigenvalue weighted by atomic mass is 10.3. The van der Waals surface area contributed by atoms with Crippen molar-refractivity contribution in [2.45, 2.75) is 13.0 Å². The zero-order valence-electron chi connectivity index (χ0n) is 6.94. The molecule has 4 heteroatoms. The minimum Gasteiger partial charge on any atom is -0.477 e. The maximum atomic E-state index is 10.5. The number of carboxylic acid groups (broad SMARTS) is 1. The largest absolute Gasteiger partial charge is 0.477 e. The second kappa shape index (κ2) is 4.08. The van der Waals surface area contributed by atoms with Gasteiger partial charge >= 0.3 is 5.97 Å². The summed E-state index contributed by atoms with van der Waals surface area (Å²) in [5, 5.41) is 19.1. The zero-order chi connectivity index (χ0) is 9.84. The van der Waals surface area contributed by atoms with E-state index in [1.807, 2.05) is 0 Å². The molecule has 0 aliphatic carbocycles. The van der Waals surface area contributed by atoms with Crippen molar-refractivity contribution in [3.05, 3.63) is 21.9 Å². The Morgan fingerprint density at radius 1 is 1.69 bits per heavy atom. The number of rotatable bonds is 1. The summed E-state index contributed by atoms with van der Waals surface area (Å²) < 4.78 is 0. The second-order valence-electron chi connectivity index (χ2n) is 2.45. The Labute approximate surface area is 79.6 Å². The summed E-state index contributed by atoms with van der Waals surface area (Å²) in [5.74, 6) is 4.25. The van der Waals surface area contributed by atoms with E-state index in [1.54, 1.807) is 12.3 Å². The van der Waals surface area contributed by atoms with Crippen LogP contribution in [0, 0.1) is 11.8 Å². The first-order chi connectivity index (χ1) is 6.09. The molecule has 13 heavy (non-hydrogen) atoms. The van der Waals surface area contributed by atoms with E-state index in [9.17, 15) is 4.79 Å². The summed E-state index contributed by atoms with van der Waals surface area (Å²) >= 11 is 1.13. The van der Waals surface area contributed by atoms with Crippen molar-refractivity contribution >= 4 is 17.3 Å².